The van der Waals surface area contributed by atoms with E-state index in [-0.39, 0.29) is 5.82 Å². The van der Waals surface area contributed by atoms with Gasteiger partial charge in [-0.05, 0) is 118 Å². The van der Waals surface area contributed by atoms with E-state index < -0.39 is 8.07 Å². The van der Waals surface area contributed by atoms with Gasteiger partial charge < -0.3 is 14.2 Å². The lowest BCUT2D eigenvalue weighted by Gasteiger charge is -2.34. The Bertz CT molecular complexity index is 2900. The summed E-state index contributed by atoms with van der Waals surface area (Å²) in [5.74, 6) is 1.30. The van der Waals surface area contributed by atoms with Crippen molar-refractivity contribution in [2.45, 2.75) is 0 Å². The molecule has 0 atom stereocenters. The first kappa shape index (κ1) is 35.9. The van der Waals surface area contributed by atoms with Crippen molar-refractivity contribution in [3.05, 3.63) is 242 Å². The Balaban J connectivity index is 1.22. The number of halogens is 1. The van der Waals surface area contributed by atoms with Crippen LogP contribution in [0.3, 0.4) is 0 Å². The molecule has 0 amide bonds. The van der Waals surface area contributed by atoms with E-state index in [0.29, 0.717) is 0 Å². The minimum atomic E-state index is -2.84. The Kier molecular flexibility index (Phi) is 9.41. The number of anilines is 3. The smallest absolute Gasteiger partial charge is 0.179 e. The Labute approximate surface area is 344 Å². The second kappa shape index (κ2) is 15.5. The summed E-state index contributed by atoms with van der Waals surface area (Å²) in [5, 5.41) is 7.46. The first-order valence-electron chi connectivity index (χ1n) is 19.9. The van der Waals surface area contributed by atoms with Crippen LogP contribution in [0, 0.1) is 5.82 Å². The standard InChI is InChI=1S/C54H39FN2OSi/c55-40-26-28-43(29-27-40)57-53-36-32-44(56(41-16-6-1-7-17-41)42-30-33-46(34-31-42)58-45-18-8-2-9-19-45)38-51(53)52-39-50(35-37-54(52)57)59(47-20-10-3-11-21-47,48-22-12-4-13-23-48)49-24-14-5-15-25-49/h1-39H. The molecule has 0 fully saturated rings. The molecular formula is C54H39FN2OSi. The average Bonchev–Trinajstić information content (AvgIpc) is 3.62. The molecule has 0 radical (unpaired) electrons. The molecule has 59 heavy (non-hydrogen) atoms. The van der Waals surface area contributed by atoms with Gasteiger partial charge in [0.2, 0.25) is 0 Å². The van der Waals surface area contributed by atoms with Crippen molar-refractivity contribution >= 4 is 67.7 Å². The number of nitrogens with zero attached hydrogens (tertiary/aromatic N) is 2. The SMILES string of the molecule is Fc1ccc(-n2c3ccc(N(c4ccccc4)c4ccc(Oc5ccccc5)cc4)cc3c3cc([Si](c4ccccc4)(c4ccccc4)c4ccccc4)ccc32)cc1. The highest BCUT2D eigenvalue weighted by Gasteiger charge is 2.41. The summed E-state index contributed by atoms with van der Waals surface area (Å²) >= 11 is 0. The Morgan fingerprint density at radius 2 is 0.814 bits per heavy atom. The van der Waals surface area contributed by atoms with E-state index in [1.165, 1.54) is 32.9 Å². The lowest BCUT2D eigenvalue weighted by Crippen LogP contribution is -2.74. The second-order valence-corrected chi connectivity index (χ2v) is 18.5. The zero-order valence-electron chi connectivity index (χ0n) is 32.2. The molecule has 9 aromatic carbocycles. The minimum Gasteiger partial charge on any atom is -0.457 e. The van der Waals surface area contributed by atoms with Gasteiger partial charge in [-0.2, -0.15) is 0 Å². The first-order valence-corrected chi connectivity index (χ1v) is 21.9. The Morgan fingerprint density at radius 1 is 0.373 bits per heavy atom. The molecule has 5 heteroatoms. The second-order valence-electron chi connectivity index (χ2n) is 14.7. The van der Waals surface area contributed by atoms with Crippen LogP contribution in [-0.2, 0) is 0 Å². The van der Waals surface area contributed by atoms with E-state index in [0.717, 1.165) is 56.1 Å². The monoisotopic (exact) mass is 778 g/mol. The maximum Gasteiger partial charge on any atom is 0.179 e. The van der Waals surface area contributed by atoms with E-state index in [9.17, 15) is 4.39 Å². The van der Waals surface area contributed by atoms with Crippen LogP contribution in [-0.4, -0.2) is 12.6 Å². The molecule has 0 aliphatic heterocycles. The van der Waals surface area contributed by atoms with Gasteiger partial charge in [0.15, 0.2) is 8.07 Å². The number of benzene rings is 9. The molecule has 0 saturated carbocycles. The molecule has 282 valence electrons. The molecule has 1 heterocycles. The quantitative estimate of drug-likeness (QED) is 0.102. The van der Waals surface area contributed by atoms with Crippen molar-refractivity contribution in [1.29, 1.82) is 0 Å². The zero-order chi connectivity index (χ0) is 39.6. The minimum absolute atomic E-state index is 0.262. The summed E-state index contributed by atoms with van der Waals surface area (Å²) in [6.45, 7) is 0. The van der Waals surface area contributed by atoms with E-state index in [1.807, 2.05) is 60.7 Å². The van der Waals surface area contributed by atoms with Crippen molar-refractivity contribution in [2.24, 2.45) is 0 Å². The van der Waals surface area contributed by atoms with Gasteiger partial charge in [0.25, 0.3) is 0 Å². The fourth-order valence-corrected chi connectivity index (χ4v) is 13.4. The van der Waals surface area contributed by atoms with Crippen LogP contribution in [0.4, 0.5) is 21.5 Å². The van der Waals surface area contributed by atoms with Crippen molar-refractivity contribution in [1.82, 2.24) is 4.57 Å². The molecule has 1 aromatic heterocycles. The van der Waals surface area contributed by atoms with Gasteiger partial charge in [0.1, 0.15) is 17.3 Å². The average molecular weight is 779 g/mol. The van der Waals surface area contributed by atoms with E-state index in [2.05, 4.69) is 173 Å². The predicted molar refractivity (Wildman–Crippen MR) is 246 cm³/mol. The van der Waals surface area contributed by atoms with Crippen LogP contribution in [0.2, 0.25) is 0 Å². The first-order chi connectivity index (χ1) is 29.2. The summed E-state index contributed by atoms with van der Waals surface area (Å²) in [6.07, 6.45) is 0. The molecular weight excluding hydrogens is 740 g/mol. The van der Waals surface area contributed by atoms with Gasteiger partial charge in [0, 0.05) is 33.5 Å². The topological polar surface area (TPSA) is 17.4 Å². The third-order valence-electron chi connectivity index (χ3n) is 11.2. The molecule has 10 aromatic rings. The number of rotatable bonds is 10. The van der Waals surface area contributed by atoms with E-state index in [4.69, 9.17) is 4.74 Å². The number of aromatic nitrogens is 1. The van der Waals surface area contributed by atoms with Crippen molar-refractivity contribution in [2.75, 3.05) is 4.90 Å². The molecule has 3 nitrogen and oxygen atoms in total. The third kappa shape index (κ3) is 6.57. The van der Waals surface area contributed by atoms with Crippen LogP contribution in [0.1, 0.15) is 0 Å². The maximum absolute atomic E-state index is 14.4. The highest BCUT2D eigenvalue weighted by Crippen LogP contribution is 2.40. The largest absolute Gasteiger partial charge is 0.457 e. The number of hydrogen-bond donors (Lipinski definition) is 0. The molecule has 0 unspecified atom stereocenters. The molecule has 0 bridgehead atoms. The number of ether oxygens (including phenoxy) is 1. The summed E-state index contributed by atoms with van der Waals surface area (Å²) < 4.78 is 22.8. The van der Waals surface area contributed by atoms with Gasteiger partial charge in [-0.3, -0.25) is 0 Å². The Hall–Kier alpha value is -7.47. The normalized spacial score (nSPS) is 11.5. The van der Waals surface area contributed by atoms with Gasteiger partial charge in [0.05, 0.1) is 11.0 Å². The number of hydrogen-bond acceptors (Lipinski definition) is 2. The fraction of sp³-hybridized carbons (Fsp3) is 0. The summed E-state index contributed by atoms with van der Waals surface area (Å²) in [5.41, 5.74) is 6.05. The summed E-state index contributed by atoms with van der Waals surface area (Å²) in [6, 6.07) is 82.1. The van der Waals surface area contributed by atoms with Crippen LogP contribution >= 0.6 is 0 Å². The van der Waals surface area contributed by atoms with Crippen LogP contribution < -0.4 is 30.4 Å². The van der Waals surface area contributed by atoms with Crippen molar-refractivity contribution < 1.29 is 9.13 Å². The Morgan fingerprint density at radius 3 is 1.37 bits per heavy atom. The van der Waals surface area contributed by atoms with E-state index >= 15 is 0 Å². The van der Waals surface area contributed by atoms with Crippen LogP contribution in [0.15, 0.2) is 237 Å². The van der Waals surface area contributed by atoms with Gasteiger partial charge >= 0.3 is 0 Å². The summed E-state index contributed by atoms with van der Waals surface area (Å²) in [7, 11) is -2.84. The van der Waals surface area contributed by atoms with Crippen molar-refractivity contribution in [3.8, 4) is 17.2 Å². The van der Waals surface area contributed by atoms with Gasteiger partial charge in [-0.1, -0.05) is 140 Å². The van der Waals surface area contributed by atoms with Gasteiger partial charge in [-0.15, -0.1) is 0 Å². The maximum atomic E-state index is 14.4. The summed E-state index contributed by atoms with van der Waals surface area (Å²) in [4.78, 5) is 2.29. The molecule has 0 aliphatic rings. The zero-order valence-corrected chi connectivity index (χ0v) is 33.2. The molecule has 0 saturated heterocycles. The molecule has 0 aliphatic carbocycles. The predicted octanol–water partition coefficient (Wildman–Crippen LogP) is 11.6. The number of para-hydroxylation sites is 2. The molecule has 10 rings (SSSR count). The lowest BCUT2D eigenvalue weighted by molar-refractivity contribution is 0.483. The fourth-order valence-electron chi connectivity index (χ4n) is 8.63. The highest BCUT2D eigenvalue weighted by atomic mass is 28.3. The van der Waals surface area contributed by atoms with Crippen LogP contribution in [0.5, 0.6) is 11.5 Å². The highest BCUT2D eigenvalue weighted by molar-refractivity contribution is 7.20. The van der Waals surface area contributed by atoms with Crippen molar-refractivity contribution in [3.63, 3.8) is 0 Å². The third-order valence-corrected chi connectivity index (χ3v) is 16.0. The number of fused-ring (bicyclic) bond motifs is 3. The molecule has 0 spiro atoms. The van der Waals surface area contributed by atoms with Crippen LogP contribution in [0.25, 0.3) is 27.5 Å². The van der Waals surface area contributed by atoms with E-state index in [1.54, 1.807) is 0 Å². The lowest BCUT2D eigenvalue weighted by atomic mass is 10.1. The molecule has 0 N–H and O–H groups in total. The van der Waals surface area contributed by atoms with Gasteiger partial charge in [-0.25, -0.2) is 4.39 Å².